The number of thioether (sulfide) groups is 1. The number of aliphatic hydroxyl groups excluding tert-OH is 1. The fourth-order valence-corrected chi connectivity index (χ4v) is 4.00. The van der Waals surface area contributed by atoms with Gasteiger partial charge in [0.2, 0.25) is 0 Å². The molecule has 1 aliphatic rings. The third-order valence-corrected chi connectivity index (χ3v) is 5.57. The first-order valence-electron chi connectivity index (χ1n) is 6.57. The van der Waals surface area contributed by atoms with E-state index >= 15 is 0 Å². The topological polar surface area (TPSA) is 20.2 Å². The summed E-state index contributed by atoms with van der Waals surface area (Å²) in [6, 6.07) is 8.73. The number of hydrogen-bond acceptors (Lipinski definition) is 2. The van der Waals surface area contributed by atoms with E-state index in [1.54, 1.807) is 0 Å². The summed E-state index contributed by atoms with van der Waals surface area (Å²) < 4.78 is 0. The smallest absolute Gasteiger partial charge is 0.0487 e. The van der Waals surface area contributed by atoms with Gasteiger partial charge in [-0.25, -0.2) is 0 Å². The first-order chi connectivity index (χ1) is 8.24. The lowest BCUT2D eigenvalue weighted by molar-refractivity contribution is 0.0993. The van der Waals surface area contributed by atoms with Crippen LogP contribution in [-0.4, -0.2) is 17.5 Å². The molecule has 1 atom stereocenters. The fourth-order valence-electron chi connectivity index (χ4n) is 2.75. The van der Waals surface area contributed by atoms with Crippen LogP contribution in [-0.2, 0) is 0 Å². The van der Waals surface area contributed by atoms with Crippen molar-refractivity contribution < 1.29 is 5.11 Å². The third kappa shape index (κ3) is 2.53. The maximum atomic E-state index is 9.68. The molecule has 0 bridgehead atoms. The summed E-state index contributed by atoms with van der Waals surface area (Å²) in [5.41, 5.74) is 1.63. The first kappa shape index (κ1) is 13.0. The van der Waals surface area contributed by atoms with E-state index in [1.807, 2.05) is 11.8 Å². The van der Waals surface area contributed by atoms with Gasteiger partial charge in [-0.2, -0.15) is 0 Å². The molecule has 0 aromatic heterocycles. The summed E-state index contributed by atoms with van der Waals surface area (Å²) in [6.07, 6.45) is 3.27. The molecular formula is C15H22OS. The summed E-state index contributed by atoms with van der Waals surface area (Å²) in [5, 5.41) is 9.68. The van der Waals surface area contributed by atoms with Gasteiger partial charge in [0.25, 0.3) is 0 Å². The van der Waals surface area contributed by atoms with Crippen molar-refractivity contribution in [1.82, 2.24) is 0 Å². The maximum Gasteiger partial charge on any atom is 0.0487 e. The molecule has 0 saturated carbocycles. The van der Waals surface area contributed by atoms with E-state index in [2.05, 4.69) is 38.1 Å². The van der Waals surface area contributed by atoms with Crippen LogP contribution in [0, 0.1) is 5.41 Å². The number of hydrogen-bond donors (Lipinski definition) is 1. The van der Waals surface area contributed by atoms with Gasteiger partial charge in [0.05, 0.1) is 0 Å². The Labute approximate surface area is 109 Å². The van der Waals surface area contributed by atoms with Crippen molar-refractivity contribution in [2.24, 2.45) is 5.41 Å². The van der Waals surface area contributed by atoms with Crippen LogP contribution in [0.3, 0.4) is 0 Å². The Morgan fingerprint density at radius 2 is 2.00 bits per heavy atom. The summed E-state index contributed by atoms with van der Waals surface area (Å²) in [7, 11) is 0. The van der Waals surface area contributed by atoms with Gasteiger partial charge in [-0.3, -0.25) is 0 Å². The zero-order valence-electron chi connectivity index (χ0n) is 10.8. The van der Waals surface area contributed by atoms with Gasteiger partial charge >= 0.3 is 0 Å². The molecule has 2 heteroatoms. The lowest BCUT2D eigenvalue weighted by Crippen LogP contribution is -2.26. The van der Waals surface area contributed by atoms with Crippen molar-refractivity contribution in [2.75, 3.05) is 12.4 Å². The highest BCUT2D eigenvalue weighted by Crippen LogP contribution is 2.46. The van der Waals surface area contributed by atoms with Crippen LogP contribution < -0.4 is 0 Å². The minimum absolute atomic E-state index is 0.128. The Morgan fingerprint density at radius 1 is 1.29 bits per heavy atom. The molecule has 1 aromatic carbocycles. The monoisotopic (exact) mass is 250 g/mol. The molecule has 17 heavy (non-hydrogen) atoms. The van der Waals surface area contributed by atoms with Crippen LogP contribution in [0.2, 0.25) is 0 Å². The molecule has 0 radical (unpaired) electrons. The largest absolute Gasteiger partial charge is 0.396 e. The molecule has 0 spiro atoms. The van der Waals surface area contributed by atoms with Gasteiger partial charge < -0.3 is 5.11 Å². The minimum atomic E-state index is 0.128. The van der Waals surface area contributed by atoms with Crippen molar-refractivity contribution in [2.45, 2.75) is 43.9 Å². The van der Waals surface area contributed by atoms with Gasteiger partial charge in [-0.05, 0) is 42.2 Å². The quantitative estimate of drug-likeness (QED) is 0.850. The molecule has 1 heterocycles. The summed E-state index contributed by atoms with van der Waals surface area (Å²) in [4.78, 5) is 1.44. The van der Waals surface area contributed by atoms with Gasteiger partial charge in [0.15, 0.2) is 0 Å². The van der Waals surface area contributed by atoms with Gasteiger partial charge in [-0.1, -0.05) is 32.0 Å². The van der Waals surface area contributed by atoms with Crippen LogP contribution in [0.15, 0.2) is 29.2 Å². The molecule has 2 rings (SSSR count). The molecule has 1 unspecified atom stereocenters. The Hall–Kier alpha value is -0.470. The average Bonchev–Trinajstić information content (AvgIpc) is 2.79. The van der Waals surface area contributed by atoms with E-state index in [9.17, 15) is 5.11 Å². The zero-order valence-corrected chi connectivity index (χ0v) is 11.6. The van der Waals surface area contributed by atoms with E-state index in [4.69, 9.17) is 0 Å². The third-order valence-electron chi connectivity index (χ3n) is 4.31. The zero-order chi connectivity index (χ0) is 12.3. The predicted octanol–water partition coefficient (Wildman–Crippen LogP) is 4.06. The number of rotatable bonds is 5. The van der Waals surface area contributed by atoms with Crippen LogP contribution in [0.1, 0.15) is 44.6 Å². The molecule has 1 aliphatic heterocycles. The Morgan fingerprint density at radius 3 is 2.65 bits per heavy atom. The van der Waals surface area contributed by atoms with Gasteiger partial charge in [-0.15, -0.1) is 11.8 Å². The molecule has 1 aromatic rings. The second kappa shape index (κ2) is 5.45. The molecule has 0 fully saturated rings. The Balaban J connectivity index is 2.16. The van der Waals surface area contributed by atoms with Crippen molar-refractivity contribution >= 4 is 11.8 Å². The summed E-state index contributed by atoms with van der Waals surface area (Å²) >= 11 is 1.97. The normalized spacial score (nSPS) is 19.4. The highest BCUT2D eigenvalue weighted by molar-refractivity contribution is 7.99. The van der Waals surface area contributed by atoms with E-state index in [-0.39, 0.29) is 5.41 Å². The molecule has 1 nitrogen and oxygen atoms in total. The molecular weight excluding hydrogens is 228 g/mol. The van der Waals surface area contributed by atoms with Crippen molar-refractivity contribution in [3.05, 3.63) is 29.8 Å². The first-order valence-corrected chi connectivity index (χ1v) is 7.56. The maximum absolute atomic E-state index is 9.68. The molecule has 94 valence electrons. The molecule has 0 saturated heterocycles. The van der Waals surface area contributed by atoms with E-state index in [0.717, 1.165) is 19.3 Å². The highest BCUT2D eigenvalue weighted by atomic mass is 32.2. The molecule has 0 amide bonds. The number of fused-ring (bicyclic) bond motifs is 1. The fraction of sp³-hybridized carbons (Fsp3) is 0.600. The standard InChI is InChI=1S/C15H22OS/c1-3-15(4-2,11-16)9-12-10-17-14-8-6-5-7-13(12)14/h5-8,12,16H,3-4,9-11H2,1-2H3. The highest BCUT2D eigenvalue weighted by Gasteiger charge is 2.33. The second-order valence-corrected chi connectivity index (χ2v) is 6.18. The van der Waals surface area contributed by atoms with E-state index in [1.165, 1.54) is 16.2 Å². The Kier molecular flexibility index (Phi) is 4.16. The predicted molar refractivity (Wildman–Crippen MR) is 74.6 cm³/mol. The SMILES string of the molecule is CCC(CC)(CO)CC1CSc2ccccc21. The van der Waals surface area contributed by atoms with E-state index < -0.39 is 0 Å². The van der Waals surface area contributed by atoms with Crippen LogP contribution >= 0.6 is 11.8 Å². The van der Waals surface area contributed by atoms with Crippen LogP contribution in [0.25, 0.3) is 0 Å². The van der Waals surface area contributed by atoms with Gasteiger partial charge in [0, 0.05) is 17.3 Å². The van der Waals surface area contributed by atoms with Crippen LogP contribution in [0.4, 0.5) is 0 Å². The summed E-state index contributed by atoms with van der Waals surface area (Å²) in [5.74, 6) is 1.81. The van der Waals surface area contributed by atoms with Crippen molar-refractivity contribution in [3.8, 4) is 0 Å². The average molecular weight is 250 g/mol. The van der Waals surface area contributed by atoms with Gasteiger partial charge in [0.1, 0.15) is 0 Å². The lowest BCUT2D eigenvalue weighted by atomic mass is 9.74. The number of aliphatic hydroxyl groups is 1. The minimum Gasteiger partial charge on any atom is -0.396 e. The van der Waals surface area contributed by atoms with Crippen molar-refractivity contribution in [3.63, 3.8) is 0 Å². The molecule has 1 N–H and O–H groups in total. The van der Waals surface area contributed by atoms with Crippen LogP contribution in [0.5, 0.6) is 0 Å². The summed E-state index contributed by atoms with van der Waals surface area (Å²) in [6.45, 7) is 4.73. The molecule has 0 aliphatic carbocycles. The number of benzene rings is 1. The second-order valence-electron chi connectivity index (χ2n) is 5.12. The lowest BCUT2D eigenvalue weighted by Gasteiger charge is -2.32. The van der Waals surface area contributed by atoms with Crippen molar-refractivity contribution in [1.29, 1.82) is 0 Å². The Bertz CT molecular complexity index is 363. The van der Waals surface area contributed by atoms with E-state index in [0.29, 0.717) is 12.5 Å².